The molecule has 0 aliphatic heterocycles. The minimum Gasteiger partial charge on any atom is -0.462 e. The van der Waals surface area contributed by atoms with E-state index in [9.17, 15) is 4.79 Å². The van der Waals surface area contributed by atoms with E-state index in [1.807, 2.05) is 20.8 Å². The normalized spacial score (nSPS) is 26.3. The third kappa shape index (κ3) is 4.01. The minimum absolute atomic E-state index is 0.0493. The Morgan fingerprint density at radius 2 is 1.57 bits per heavy atom. The van der Waals surface area contributed by atoms with Crippen LogP contribution in [0.3, 0.4) is 0 Å². The fraction of sp³-hybridized carbons (Fsp3) is 0.593. The first-order chi connectivity index (χ1) is 14.1. The fourth-order valence-corrected chi connectivity index (χ4v) is 5.09. The van der Waals surface area contributed by atoms with E-state index in [1.165, 1.54) is 21.9 Å². The quantitative estimate of drug-likeness (QED) is 0.509. The average molecular weight is 409 g/mol. The van der Waals surface area contributed by atoms with Crippen molar-refractivity contribution in [2.24, 2.45) is 17.3 Å². The zero-order valence-corrected chi connectivity index (χ0v) is 19.3. The lowest BCUT2D eigenvalue weighted by Gasteiger charge is -2.36. The van der Waals surface area contributed by atoms with Crippen molar-refractivity contribution in [3.63, 3.8) is 0 Å². The van der Waals surface area contributed by atoms with Gasteiger partial charge in [0.25, 0.3) is 0 Å². The van der Waals surface area contributed by atoms with E-state index < -0.39 is 5.41 Å². The van der Waals surface area contributed by atoms with E-state index in [1.54, 1.807) is 0 Å². The summed E-state index contributed by atoms with van der Waals surface area (Å²) in [5.41, 5.74) is 1.76. The molecule has 0 radical (unpaired) electrons. The van der Waals surface area contributed by atoms with Gasteiger partial charge in [0.2, 0.25) is 0 Å². The molecule has 30 heavy (non-hydrogen) atoms. The van der Waals surface area contributed by atoms with Gasteiger partial charge in [-0.15, -0.1) is 0 Å². The highest BCUT2D eigenvalue weighted by molar-refractivity contribution is 5.84. The maximum atomic E-state index is 12.5. The Bertz CT molecular complexity index is 942. The highest BCUT2D eigenvalue weighted by Gasteiger charge is 2.50. The van der Waals surface area contributed by atoms with Crippen LogP contribution in [-0.4, -0.2) is 18.2 Å². The largest absolute Gasteiger partial charge is 0.462 e. The number of hydrogen-bond donors (Lipinski definition) is 0. The third-order valence-corrected chi connectivity index (χ3v) is 7.56. The SMILES string of the molecule is CCC(C)(C)C(=O)OC1CC2CC1CC2OC(C)(C)c1ccc2cc(C)ccc2c1. The Hall–Kier alpha value is -1.87. The second-order valence-electron chi connectivity index (χ2n) is 10.6. The first-order valence-electron chi connectivity index (χ1n) is 11.5. The van der Waals surface area contributed by atoms with Gasteiger partial charge in [-0.1, -0.05) is 42.8 Å². The van der Waals surface area contributed by atoms with Crippen LogP contribution in [0.25, 0.3) is 10.8 Å². The minimum atomic E-state index is -0.394. The molecule has 0 aromatic heterocycles. The molecule has 0 spiro atoms. The van der Waals surface area contributed by atoms with Crippen LogP contribution in [-0.2, 0) is 19.9 Å². The lowest BCUT2D eigenvalue weighted by Crippen LogP contribution is -2.37. The van der Waals surface area contributed by atoms with Crippen LogP contribution in [0.15, 0.2) is 36.4 Å². The van der Waals surface area contributed by atoms with Crippen molar-refractivity contribution in [1.29, 1.82) is 0 Å². The van der Waals surface area contributed by atoms with Crippen molar-refractivity contribution in [3.05, 3.63) is 47.5 Å². The smallest absolute Gasteiger partial charge is 0.311 e. The maximum absolute atomic E-state index is 12.5. The summed E-state index contributed by atoms with van der Waals surface area (Å²) in [7, 11) is 0. The van der Waals surface area contributed by atoms with Gasteiger partial charge in [0.05, 0.1) is 17.1 Å². The standard InChI is InChI=1S/C27H36O3/c1-7-26(3,4)25(28)29-23-15-21-13-20(23)16-24(21)30-27(5,6)22-11-10-18-12-17(2)8-9-19(18)14-22/h8-12,14,20-21,23-24H,7,13,15-16H2,1-6H3. The van der Waals surface area contributed by atoms with E-state index >= 15 is 0 Å². The van der Waals surface area contributed by atoms with Gasteiger partial charge in [-0.3, -0.25) is 4.79 Å². The number of benzene rings is 2. The fourth-order valence-electron chi connectivity index (χ4n) is 5.09. The summed E-state index contributed by atoms with van der Waals surface area (Å²) < 4.78 is 12.6. The second kappa shape index (κ2) is 7.67. The van der Waals surface area contributed by atoms with Crippen LogP contribution >= 0.6 is 0 Å². The molecule has 2 fully saturated rings. The molecule has 2 aliphatic rings. The van der Waals surface area contributed by atoms with Gasteiger partial charge < -0.3 is 9.47 Å². The van der Waals surface area contributed by atoms with Gasteiger partial charge in [-0.2, -0.15) is 0 Å². The van der Waals surface area contributed by atoms with Crippen molar-refractivity contribution in [2.45, 2.75) is 85.0 Å². The number of ether oxygens (including phenoxy) is 2. The molecule has 162 valence electrons. The van der Waals surface area contributed by atoms with Crippen molar-refractivity contribution in [3.8, 4) is 0 Å². The van der Waals surface area contributed by atoms with Crippen molar-refractivity contribution < 1.29 is 14.3 Å². The third-order valence-electron chi connectivity index (χ3n) is 7.56. The molecular weight excluding hydrogens is 372 g/mol. The highest BCUT2D eigenvalue weighted by Crippen LogP contribution is 2.49. The molecule has 2 aromatic rings. The van der Waals surface area contributed by atoms with Crippen LogP contribution in [0, 0.1) is 24.2 Å². The Morgan fingerprint density at radius 3 is 2.23 bits per heavy atom. The molecule has 2 aromatic carbocycles. The van der Waals surface area contributed by atoms with Gasteiger partial charge in [0, 0.05) is 0 Å². The van der Waals surface area contributed by atoms with Crippen LogP contribution in [0.2, 0.25) is 0 Å². The monoisotopic (exact) mass is 408 g/mol. The molecule has 4 rings (SSSR count). The molecule has 4 unspecified atom stereocenters. The molecule has 0 heterocycles. The van der Waals surface area contributed by atoms with Crippen LogP contribution in [0.5, 0.6) is 0 Å². The van der Waals surface area contributed by atoms with Gasteiger partial charge >= 0.3 is 5.97 Å². The molecule has 2 aliphatic carbocycles. The van der Waals surface area contributed by atoms with E-state index in [0.29, 0.717) is 11.8 Å². The first-order valence-corrected chi connectivity index (χ1v) is 11.5. The van der Waals surface area contributed by atoms with Gasteiger partial charge in [0.1, 0.15) is 6.10 Å². The topological polar surface area (TPSA) is 35.5 Å². The summed E-state index contributed by atoms with van der Waals surface area (Å²) in [6.07, 6.45) is 4.16. The Morgan fingerprint density at radius 1 is 0.933 bits per heavy atom. The number of esters is 1. The molecular formula is C27H36O3. The zero-order chi connectivity index (χ0) is 21.7. The number of carbonyl (C=O) groups is 1. The summed E-state index contributed by atoms with van der Waals surface area (Å²) in [5.74, 6) is 0.874. The molecule has 2 bridgehead atoms. The Kier molecular flexibility index (Phi) is 5.47. The van der Waals surface area contributed by atoms with Crippen molar-refractivity contribution in [1.82, 2.24) is 0 Å². The Labute approximate surface area is 181 Å². The van der Waals surface area contributed by atoms with E-state index in [2.05, 4.69) is 57.2 Å². The number of carbonyl (C=O) groups excluding carboxylic acids is 1. The second-order valence-corrected chi connectivity index (χ2v) is 10.6. The van der Waals surface area contributed by atoms with Gasteiger partial charge in [0.15, 0.2) is 0 Å². The molecule has 0 amide bonds. The summed E-state index contributed by atoms with van der Waals surface area (Å²) in [4.78, 5) is 12.5. The lowest BCUT2D eigenvalue weighted by molar-refractivity contribution is -0.166. The summed E-state index contributed by atoms with van der Waals surface area (Å²) >= 11 is 0. The summed E-state index contributed by atoms with van der Waals surface area (Å²) in [6.45, 7) is 12.5. The molecule has 3 nitrogen and oxygen atoms in total. The van der Waals surface area contributed by atoms with E-state index in [4.69, 9.17) is 9.47 Å². The zero-order valence-electron chi connectivity index (χ0n) is 19.3. The molecule has 3 heteroatoms. The number of fused-ring (bicyclic) bond motifs is 3. The number of hydrogen-bond acceptors (Lipinski definition) is 3. The predicted molar refractivity (Wildman–Crippen MR) is 121 cm³/mol. The molecule has 0 N–H and O–H groups in total. The first kappa shape index (κ1) is 21.4. The average Bonchev–Trinajstić information content (AvgIpc) is 3.26. The lowest BCUT2D eigenvalue weighted by atomic mass is 9.89. The molecule has 0 saturated heterocycles. The maximum Gasteiger partial charge on any atom is 0.311 e. The number of aryl methyl sites for hydroxylation is 1. The van der Waals surface area contributed by atoms with Crippen LogP contribution in [0.4, 0.5) is 0 Å². The number of rotatable bonds is 6. The highest BCUT2D eigenvalue weighted by atomic mass is 16.5. The van der Waals surface area contributed by atoms with Gasteiger partial charge in [-0.05, 0) is 94.5 Å². The summed E-state index contributed by atoms with van der Waals surface area (Å²) in [5, 5.41) is 2.53. The van der Waals surface area contributed by atoms with Crippen LogP contribution < -0.4 is 0 Å². The van der Waals surface area contributed by atoms with E-state index in [0.717, 1.165) is 25.7 Å². The molecule has 2 saturated carbocycles. The summed E-state index contributed by atoms with van der Waals surface area (Å²) in [6, 6.07) is 13.3. The van der Waals surface area contributed by atoms with Gasteiger partial charge in [-0.25, -0.2) is 0 Å². The van der Waals surface area contributed by atoms with Crippen molar-refractivity contribution in [2.75, 3.05) is 0 Å². The molecule has 4 atom stereocenters. The Balaban J connectivity index is 1.41. The predicted octanol–water partition coefficient (Wildman–Crippen LogP) is 6.55. The van der Waals surface area contributed by atoms with Crippen LogP contribution in [0.1, 0.15) is 71.4 Å². The van der Waals surface area contributed by atoms with Crippen molar-refractivity contribution >= 4 is 16.7 Å². The van der Waals surface area contributed by atoms with E-state index in [-0.39, 0.29) is 23.8 Å².